The zero-order valence-electron chi connectivity index (χ0n) is 15.4. The largest absolute Gasteiger partial charge is 0.454 e. The van der Waals surface area contributed by atoms with Crippen LogP contribution >= 0.6 is 0 Å². The van der Waals surface area contributed by atoms with Gasteiger partial charge in [0, 0.05) is 18.8 Å². The number of carbonyl (C=O) groups excluding carboxylic acids is 2. The van der Waals surface area contributed by atoms with Crippen LogP contribution in [0.1, 0.15) is 30.9 Å². The number of H-pyrrole nitrogens is 1. The van der Waals surface area contributed by atoms with E-state index in [2.05, 4.69) is 31.3 Å². The number of aromatic amines is 1. The highest BCUT2D eigenvalue weighted by Crippen LogP contribution is 2.14. The molecule has 0 atom stereocenters. The van der Waals surface area contributed by atoms with Crippen LogP contribution in [0.5, 0.6) is 0 Å². The first-order valence-electron chi connectivity index (χ1n) is 8.66. The van der Waals surface area contributed by atoms with Gasteiger partial charge in [0.25, 0.3) is 11.5 Å². The van der Waals surface area contributed by atoms with Crippen LogP contribution in [0.4, 0.5) is 0 Å². The molecule has 144 valence electrons. The van der Waals surface area contributed by atoms with Gasteiger partial charge in [-0.05, 0) is 23.5 Å². The minimum absolute atomic E-state index is 0.384. The van der Waals surface area contributed by atoms with Gasteiger partial charge < -0.3 is 10.1 Å². The number of aromatic nitrogens is 2. The molecule has 2 N–H and O–H groups in total. The van der Waals surface area contributed by atoms with Crippen LogP contribution < -0.4 is 16.6 Å². The molecule has 1 heterocycles. The summed E-state index contributed by atoms with van der Waals surface area (Å²) >= 11 is 0. The maximum atomic E-state index is 11.7. The minimum Gasteiger partial charge on any atom is -0.454 e. The molecular formula is C19H23N3O5. The molecule has 2 rings (SSSR count). The molecule has 0 aliphatic heterocycles. The summed E-state index contributed by atoms with van der Waals surface area (Å²) in [4.78, 5) is 47.9. The molecule has 8 heteroatoms. The Bertz CT molecular complexity index is 897. The van der Waals surface area contributed by atoms with E-state index in [0.29, 0.717) is 18.9 Å². The van der Waals surface area contributed by atoms with E-state index in [1.165, 1.54) is 11.8 Å². The Morgan fingerprint density at radius 2 is 1.85 bits per heavy atom. The summed E-state index contributed by atoms with van der Waals surface area (Å²) < 4.78 is 5.82. The molecule has 1 amide bonds. The Balaban J connectivity index is 1.70. The molecule has 1 aromatic carbocycles. The number of amides is 1. The Labute approximate surface area is 156 Å². The van der Waals surface area contributed by atoms with Crippen molar-refractivity contribution in [1.82, 2.24) is 14.9 Å². The number of nitrogens with one attached hydrogen (secondary N) is 2. The third-order valence-corrected chi connectivity index (χ3v) is 3.94. The average molecular weight is 373 g/mol. The number of esters is 1. The lowest BCUT2D eigenvalue weighted by atomic mass is 10.0. The van der Waals surface area contributed by atoms with Gasteiger partial charge in [0.05, 0.1) is 0 Å². The Kier molecular flexibility index (Phi) is 7.10. The number of carbonyl (C=O) groups is 2. The van der Waals surface area contributed by atoms with E-state index < -0.39 is 29.7 Å². The second kappa shape index (κ2) is 9.51. The molecule has 1 aromatic heterocycles. The highest BCUT2D eigenvalue weighted by molar-refractivity contribution is 5.80. The molecular weight excluding hydrogens is 350 g/mol. The van der Waals surface area contributed by atoms with Gasteiger partial charge in [-0.25, -0.2) is 4.79 Å². The van der Waals surface area contributed by atoms with E-state index in [1.807, 2.05) is 17.1 Å². The molecule has 0 unspecified atom stereocenters. The van der Waals surface area contributed by atoms with Gasteiger partial charge in [-0.1, -0.05) is 38.1 Å². The van der Waals surface area contributed by atoms with Gasteiger partial charge in [-0.15, -0.1) is 0 Å². The minimum atomic E-state index is -0.747. The van der Waals surface area contributed by atoms with E-state index in [-0.39, 0.29) is 6.54 Å². The zero-order valence-corrected chi connectivity index (χ0v) is 15.4. The summed E-state index contributed by atoms with van der Waals surface area (Å²) in [5.74, 6) is -0.694. The van der Waals surface area contributed by atoms with Crippen LogP contribution in [-0.4, -0.2) is 34.6 Å². The van der Waals surface area contributed by atoms with Gasteiger partial charge in [0.1, 0.15) is 6.54 Å². The van der Waals surface area contributed by atoms with E-state index in [1.54, 1.807) is 0 Å². The van der Waals surface area contributed by atoms with Gasteiger partial charge in [-0.2, -0.15) is 0 Å². The molecule has 0 aliphatic carbocycles. The van der Waals surface area contributed by atoms with E-state index >= 15 is 0 Å². The number of benzene rings is 1. The van der Waals surface area contributed by atoms with Crippen LogP contribution in [0.15, 0.2) is 46.1 Å². The molecule has 0 aliphatic rings. The fourth-order valence-corrected chi connectivity index (χ4v) is 2.37. The first kappa shape index (κ1) is 20.2. The molecule has 0 fully saturated rings. The number of rotatable bonds is 8. The van der Waals surface area contributed by atoms with E-state index in [4.69, 9.17) is 4.74 Å². The number of nitrogens with zero attached hydrogens (tertiary/aromatic N) is 1. The monoisotopic (exact) mass is 373 g/mol. The van der Waals surface area contributed by atoms with Crippen LogP contribution in [-0.2, 0) is 27.3 Å². The Morgan fingerprint density at radius 3 is 2.48 bits per heavy atom. The van der Waals surface area contributed by atoms with Crippen molar-refractivity contribution in [1.29, 1.82) is 0 Å². The van der Waals surface area contributed by atoms with Crippen LogP contribution in [0, 0.1) is 0 Å². The second-order valence-electron chi connectivity index (χ2n) is 6.39. The summed E-state index contributed by atoms with van der Waals surface area (Å²) in [7, 11) is 0. The molecule has 8 nitrogen and oxygen atoms in total. The molecule has 0 radical (unpaired) electrons. The fraction of sp³-hybridized carbons (Fsp3) is 0.368. The molecule has 27 heavy (non-hydrogen) atoms. The maximum Gasteiger partial charge on any atom is 0.328 e. The first-order chi connectivity index (χ1) is 12.8. The predicted molar refractivity (Wildman–Crippen MR) is 99.5 cm³/mol. The van der Waals surface area contributed by atoms with E-state index in [9.17, 15) is 19.2 Å². The normalized spacial score (nSPS) is 10.6. The highest BCUT2D eigenvalue weighted by atomic mass is 16.5. The lowest BCUT2D eigenvalue weighted by molar-refractivity contribution is -0.149. The highest BCUT2D eigenvalue weighted by Gasteiger charge is 2.09. The van der Waals surface area contributed by atoms with Crippen LogP contribution in [0.3, 0.4) is 0 Å². The molecule has 0 saturated heterocycles. The second-order valence-corrected chi connectivity index (χ2v) is 6.39. The SMILES string of the molecule is CC(C)c1ccc(CCNC(=O)COC(=O)Cn2ccc(=O)[nH]c2=O)cc1. The molecule has 0 bridgehead atoms. The molecule has 0 saturated carbocycles. The molecule has 2 aromatic rings. The summed E-state index contributed by atoms with van der Waals surface area (Å²) in [6.45, 7) is 3.87. The third-order valence-electron chi connectivity index (χ3n) is 3.94. The van der Waals surface area contributed by atoms with Gasteiger partial charge in [-0.3, -0.25) is 23.9 Å². The van der Waals surface area contributed by atoms with Crippen LogP contribution in [0.2, 0.25) is 0 Å². The lowest BCUT2D eigenvalue weighted by Crippen LogP contribution is -2.34. The summed E-state index contributed by atoms with van der Waals surface area (Å²) in [6.07, 6.45) is 1.86. The third kappa shape index (κ3) is 6.58. The lowest BCUT2D eigenvalue weighted by Gasteiger charge is -2.09. The smallest absolute Gasteiger partial charge is 0.328 e. The standard InChI is InChI=1S/C19H23N3O5/c1-13(2)15-5-3-14(4-6-15)7-9-20-17(24)12-27-18(25)11-22-10-8-16(23)21-19(22)26/h3-6,8,10,13H,7,9,11-12H2,1-2H3,(H,20,24)(H,21,23,26). The summed E-state index contributed by atoms with van der Waals surface area (Å²) in [5, 5.41) is 2.67. The number of hydrogen-bond donors (Lipinski definition) is 2. The number of ether oxygens (including phenoxy) is 1. The van der Waals surface area contributed by atoms with Gasteiger partial charge >= 0.3 is 11.7 Å². The number of hydrogen-bond acceptors (Lipinski definition) is 5. The zero-order chi connectivity index (χ0) is 19.8. The van der Waals surface area contributed by atoms with E-state index in [0.717, 1.165) is 16.2 Å². The maximum absolute atomic E-state index is 11.7. The molecule has 0 spiro atoms. The summed E-state index contributed by atoms with van der Waals surface area (Å²) in [5.41, 5.74) is 1.10. The first-order valence-corrected chi connectivity index (χ1v) is 8.66. The van der Waals surface area contributed by atoms with Gasteiger partial charge in [0.15, 0.2) is 6.61 Å². The fourth-order valence-electron chi connectivity index (χ4n) is 2.37. The van der Waals surface area contributed by atoms with Crippen molar-refractivity contribution >= 4 is 11.9 Å². The van der Waals surface area contributed by atoms with Crippen molar-refractivity contribution in [3.05, 3.63) is 68.5 Å². The van der Waals surface area contributed by atoms with Crippen molar-refractivity contribution in [2.24, 2.45) is 0 Å². The van der Waals surface area contributed by atoms with Gasteiger partial charge in [0.2, 0.25) is 0 Å². The average Bonchev–Trinajstić information content (AvgIpc) is 2.63. The quantitative estimate of drug-likeness (QED) is 0.657. The predicted octanol–water partition coefficient (Wildman–Crippen LogP) is 0.562. The van der Waals surface area contributed by atoms with Crippen molar-refractivity contribution in [3.63, 3.8) is 0 Å². The topological polar surface area (TPSA) is 110 Å². The van der Waals surface area contributed by atoms with Crippen molar-refractivity contribution in [2.75, 3.05) is 13.2 Å². The van der Waals surface area contributed by atoms with Crippen molar-refractivity contribution in [2.45, 2.75) is 32.7 Å². The summed E-state index contributed by atoms with van der Waals surface area (Å²) in [6, 6.07) is 9.33. The van der Waals surface area contributed by atoms with Crippen molar-refractivity contribution in [3.8, 4) is 0 Å². The van der Waals surface area contributed by atoms with Crippen LogP contribution in [0.25, 0.3) is 0 Å². The Hall–Kier alpha value is -3.16. The Morgan fingerprint density at radius 1 is 1.15 bits per heavy atom. The van der Waals surface area contributed by atoms with Crippen molar-refractivity contribution < 1.29 is 14.3 Å².